The Morgan fingerprint density at radius 3 is 2.83 bits per heavy atom. The Morgan fingerprint density at radius 1 is 1.75 bits per heavy atom. The van der Waals surface area contributed by atoms with Gasteiger partial charge in [0.15, 0.2) is 0 Å². The minimum atomic E-state index is -0.420. The normalized spacial score (nSPS) is 9.83. The third kappa shape index (κ3) is 1.73. The maximum Gasteiger partial charge on any atom is 0.332 e. The predicted octanol–water partition coefficient (Wildman–Crippen LogP) is 0.848. The highest BCUT2D eigenvalue weighted by atomic mass is 32.1. The standard InChI is InChI=1S/C7H9NO3S/c1-2-7(10)11-8-5(9)3-4-6(8)12/h3-4,9,12H,2H2,1H3. The Hall–Kier alpha value is -1.10. The molecule has 0 aliphatic carbocycles. The molecule has 0 spiro atoms. The van der Waals surface area contributed by atoms with Crippen LogP contribution in [0.15, 0.2) is 17.2 Å². The summed E-state index contributed by atoms with van der Waals surface area (Å²) >= 11 is 3.96. The minimum Gasteiger partial charge on any atom is -0.492 e. The van der Waals surface area contributed by atoms with Gasteiger partial charge >= 0.3 is 5.97 Å². The Morgan fingerprint density at radius 2 is 2.42 bits per heavy atom. The zero-order valence-electron chi connectivity index (χ0n) is 6.52. The molecule has 4 nitrogen and oxygen atoms in total. The van der Waals surface area contributed by atoms with Crippen molar-refractivity contribution in [2.24, 2.45) is 0 Å². The smallest absolute Gasteiger partial charge is 0.332 e. The highest BCUT2D eigenvalue weighted by Crippen LogP contribution is 2.16. The second-order valence-corrected chi connectivity index (χ2v) is 2.62. The first-order valence-corrected chi connectivity index (χ1v) is 3.90. The molecule has 0 aliphatic heterocycles. The fourth-order valence-electron chi connectivity index (χ4n) is 0.662. The van der Waals surface area contributed by atoms with Crippen LogP contribution in [-0.4, -0.2) is 15.8 Å². The maximum absolute atomic E-state index is 10.8. The van der Waals surface area contributed by atoms with E-state index in [2.05, 4.69) is 12.6 Å². The van der Waals surface area contributed by atoms with Gasteiger partial charge in [0.2, 0.25) is 5.88 Å². The van der Waals surface area contributed by atoms with Crippen LogP contribution in [-0.2, 0) is 4.79 Å². The Kier molecular flexibility index (Phi) is 2.65. The lowest BCUT2D eigenvalue weighted by Crippen LogP contribution is -2.18. The Balaban J connectivity index is 2.80. The van der Waals surface area contributed by atoms with Crippen LogP contribution >= 0.6 is 12.6 Å². The first-order chi connectivity index (χ1) is 5.65. The van der Waals surface area contributed by atoms with E-state index in [1.165, 1.54) is 12.1 Å². The zero-order chi connectivity index (χ0) is 9.14. The average molecular weight is 187 g/mol. The summed E-state index contributed by atoms with van der Waals surface area (Å²) in [6.45, 7) is 1.67. The van der Waals surface area contributed by atoms with Crippen molar-refractivity contribution in [2.75, 3.05) is 0 Å². The third-order valence-corrected chi connectivity index (χ3v) is 1.61. The van der Waals surface area contributed by atoms with Crippen molar-refractivity contribution in [3.63, 3.8) is 0 Å². The molecule has 0 aromatic carbocycles. The lowest BCUT2D eigenvalue weighted by molar-refractivity contribution is -0.145. The molecular formula is C7H9NO3S. The summed E-state index contributed by atoms with van der Waals surface area (Å²) in [6, 6.07) is 2.92. The van der Waals surface area contributed by atoms with Crippen LogP contribution in [0.1, 0.15) is 13.3 Å². The first kappa shape index (κ1) is 8.99. The third-order valence-electron chi connectivity index (χ3n) is 1.28. The minimum absolute atomic E-state index is 0.137. The van der Waals surface area contributed by atoms with E-state index in [-0.39, 0.29) is 12.3 Å². The lowest BCUT2D eigenvalue weighted by Gasteiger charge is -2.05. The fourth-order valence-corrected chi connectivity index (χ4v) is 0.880. The van der Waals surface area contributed by atoms with Gasteiger partial charge in [0, 0.05) is 12.5 Å². The molecule has 12 heavy (non-hydrogen) atoms. The SMILES string of the molecule is CCC(=O)On1c(O)ccc1S. The molecule has 1 heterocycles. The predicted molar refractivity (Wildman–Crippen MR) is 45.2 cm³/mol. The Labute approximate surface area is 75.1 Å². The molecule has 1 aromatic heterocycles. The summed E-state index contributed by atoms with van der Waals surface area (Å²) in [5, 5.41) is 9.50. The molecule has 5 heteroatoms. The van der Waals surface area contributed by atoms with Crippen LogP contribution in [0.4, 0.5) is 0 Å². The van der Waals surface area contributed by atoms with Crippen LogP contribution in [0.5, 0.6) is 5.88 Å². The average Bonchev–Trinajstić information content (AvgIpc) is 2.35. The van der Waals surface area contributed by atoms with Gasteiger partial charge in [-0.15, -0.1) is 17.4 Å². The van der Waals surface area contributed by atoms with Crippen molar-refractivity contribution in [3.8, 4) is 5.88 Å². The van der Waals surface area contributed by atoms with Gasteiger partial charge in [-0.3, -0.25) is 0 Å². The van der Waals surface area contributed by atoms with E-state index in [9.17, 15) is 4.79 Å². The van der Waals surface area contributed by atoms with E-state index < -0.39 is 5.97 Å². The fraction of sp³-hybridized carbons (Fsp3) is 0.286. The second kappa shape index (κ2) is 3.53. The molecule has 1 rings (SSSR count). The van der Waals surface area contributed by atoms with Crippen molar-refractivity contribution in [1.29, 1.82) is 0 Å². The van der Waals surface area contributed by atoms with Crippen LogP contribution < -0.4 is 4.84 Å². The molecule has 1 aromatic rings. The Bertz CT molecular complexity index is 275. The number of hydrogen-bond donors (Lipinski definition) is 2. The monoisotopic (exact) mass is 187 g/mol. The molecule has 0 fully saturated rings. The molecule has 0 bridgehead atoms. The molecule has 66 valence electrons. The highest BCUT2D eigenvalue weighted by Gasteiger charge is 2.08. The molecule has 0 unspecified atom stereocenters. The highest BCUT2D eigenvalue weighted by molar-refractivity contribution is 7.80. The molecule has 1 N–H and O–H groups in total. The van der Waals surface area contributed by atoms with E-state index in [1.54, 1.807) is 6.92 Å². The summed E-state index contributed by atoms with van der Waals surface area (Å²) in [5.74, 6) is -0.557. The summed E-state index contributed by atoms with van der Waals surface area (Å²) < 4.78 is 0.967. The van der Waals surface area contributed by atoms with Gasteiger partial charge in [0.05, 0.1) is 0 Å². The number of thiol groups is 1. The van der Waals surface area contributed by atoms with Crippen LogP contribution in [0.25, 0.3) is 0 Å². The molecule has 0 aliphatic rings. The van der Waals surface area contributed by atoms with E-state index >= 15 is 0 Å². The van der Waals surface area contributed by atoms with E-state index in [4.69, 9.17) is 9.94 Å². The first-order valence-electron chi connectivity index (χ1n) is 3.46. The second-order valence-electron chi connectivity index (χ2n) is 2.16. The van der Waals surface area contributed by atoms with Gasteiger partial charge in [0.1, 0.15) is 5.03 Å². The van der Waals surface area contributed by atoms with Gasteiger partial charge in [-0.2, -0.15) is 0 Å². The van der Waals surface area contributed by atoms with Gasteiger partial charge in [0.25, 0.3) is 0 Å². The van der Waals surface area contributed by atoms with Crippen molar-refractivity contribution in [2.45, 2.75) is 18.4 Å². The summed E-state index contributed by atoms with van der Waals surface area (Å²) in [7, 11) is 0. The summed E-state index contributed by atoms with van der Waals surface area (Å²) in [4.78, 5) is 15.5. The molecule has 0 radical (unpaired) electrons. The van der Waals surface area contributed by atoms with E-state index in [1.807, 2.05) is 0 Å². The van der Waals surface area contributed by atoms with Crippen molar-refractivity contribution < 1.29 is 14.7 Å². The molecule has 0 saturated carbocycles. The van der Waals surface area contributed by atoms with E-state index in [0.29, 0.717) is 5.03 Å². The maximum atomic E-state index is 10.8. The van der Waals surface area contributed by atoms with Crippen molar-refractivity contribution in [3.05, 3.63) is 12.1 Å². The van der Waals surface area contributed by atoms with Crippen LogP contribution in [0.2, 0.25) is 0 Å². The topological polar surface area (TPSA) is 51.5 Å². The number of carbonyl (C=O) groups excluding carboxylic acids is 1. The quantitative estimate of drug-likeness (QED) is 0.675. The van der Waals surface area contributed by atoms with Gasteiger partial charge < -0.3 is 9.94 Å². The molecular weight excluding hydrogens is 178 g/mol. The number of aromatic nitrogens is 1. The van der Waals surface area contributed by atoms with Crippen molar-refractivity contribution >= 4 is 18.6 Å². The van der Waals surface area contributed by atoms with Crippen LogP contribution in [0.3, 0.4) is 0 Å². The number of hydrogen-bond acceptors (Lipinski definition) is 4. The summed E-state index contributed by atoms with van der Waals surface area (Å²) in [5.41, 5.74) is 0. The number of rotatable bonds is 2. The van der Waals surface area contributed by atoms with E-state index in [0.717, 1.165) is 4.73 Å². The van der Waals surface area contributed by atoms with Gasteiger partial charge in [-0.25, -0.2) is 4.79 Å². The summed E-state index contributed by atoms with van der Waals surface area (Å²) in [6.07, 6.45) is 0.255. The van der Waals surface area contributed by atoms with Crippen molar-refractivity contribution in [1.82, 2.24) is 4.73 Å². The number of nitrogens with zero attached hydrogens (tertiary/aromatic N) is 1. The molecule has 0 atom stereocenters. The molecule has 0 amide bonds. The lowest BCUT2D eigenvalue weighted by atomic mass is 10.5. The zero-order valence-corrected chi connectivity index (χ0v) is 7.41. The number of aromatic hydroxyl groups is 1. The number of carbonyl (C=O) groups is 1. The largest absolute Gasteiger partial charge is 0.492 e. The van der Waals surface area contributed by atoms with Gasteiger partial charge in [-0.05, 0) is 6.07 Å². The van der Waals surface area contributed by atoms with Crippen LogP contribution in [0, 0.1) is 0 Å². The molecule has 0 saturated heterocycles. The van der Waals surface area contributed by atoms with Gasteiger partial charge in [-0.1, -0.05) is 6.92 Å².